The highest BCUT2D eigenvalue weighted by atomic mass is 32.2. The highest BCUT2D eigenvalue weighted by Crippen LogP contribution is 2.51. The molecule has 1 spiro atoms. The summed E-state index contributed by atoms with van der Waals surface area (Å²) in [6, 6.07) is 9.13. The quantitative estimate of drug-likeness (QED) is 0.365. The summed E-state index contributed by atoms with van der Waals surface area (Å²) in [5.41, 5.74) is 2.72. The Labute approximate surface area is 220 Å². The number of benzene rings is 2. The lowest BCUT2D eigenvalue weighted by Gasteiger charge is -2.33. The number of hydrogen-bond acceptors (Lipinski definition) is 3. The molecule has 2 heterocycles. The van der Waals surface area contributed by atoms with Gasteiger partial charge in [0.2, 0.25) is 0 Å². The van der Waals surface area contributed by atoms with Gasteiger partial charge in [0.1, 0.15) is 6.54 Å². The summed E-state index contributed by atoms with van der Waals surface area (Å²) in [5.74, 6) is -4.50. The molecule has 1 N–H and O–H groups in total. The lowest BCUT2D eigenvalue weighted by Crippen LogP contribution is -2.52. The van der Waals surface area contributed by atoms with E-state index in [1.165, 1.54) is 4.68 Å². The summed E-state index contributed by atoms with van der Waals surface area (Å²) < 4.78 is 110. The molecule has 0 unspecified atom stereocenters. The van der Waals surface area contributed by atoms with Crippen molar-refractivity contribution >= 4 is 10.2 Å². The number of alkyl halides is 3. The van der Waals surface area contributed by atoms with Crippen molar-refractivity contribution < 1.29 is 34.8 Å². The van der Waals surface area contributed by atoms with Crippen molar-refractivity contribution in [3.05, 3.63) is 65.0 Å². The second-order valence-corrected chi connectivity index (χ2v) is 12.4. The van der Waals surface area contributed by atoms with Gasteiger partial charge in [0.25, 0.3) is 10.2 Å². The van der Waals surface area contributed by atoms with Crippen LogP contribution in [0.1, 0.15) is 24.0 Å². The molecule has 6 nitrogen and oxygen atoms in total. The van der Waals surface area contributed by atoms with E-state index in [-0.39, 0.29) is 23.9 Å². The Bertz CT molecular complexity index is 1560. The van der Waals surface area contributed by atoms with Gasteiger partial charge < -0.3 is 0 Å². The average Bonchev–Trinajstić information content (AvgIpc) is 3.41. The Morgan fingerprint density at radius 2 is 1.62 bits per heavy atom. The minimum absolute atomic E-state index is 0.124. The Morgan fingerprint density at radius 1 is 0.974 bits per heavy atom. The molecule has 3 aromatic rings. The number of aryl methyl sites for hydroxylation is 1. The molecule has 208 valence electrons. The number of nitrogens with one attached hydrogen (secondary N) is 1. The van der Waals surface area contributed by atoms with Crippen LogP contribution in [0.5, 0.6) is 0 Å². The molecule has 3 atom stereocenters. The Morgan fingerprint density at radius 3 is 2.26 bits per heavy atom. The molecule has 13 heteroatoms. The molecule has 0 amide bonds. The molecule has 2 bridgehead atoms. The van der Waals surface area contributed by atoms with Gasteiger partial charge in [-0.25, -0.2) is 13.2 Å². The van der Waals surface area contributed by atoms with Crippen LogP contribution < -0.4 is 4.72 Å². The van der Waals surface area contributed by atoms with Gasteiger partial charge in [-0.2, -0.15) is 35.7 Å². The standard InChI is InChI=1S/C26H24F6N4O2S/c1-35-23(17-9-20(27)24(29)21(28)10-17)11-22(33-35)15-3-2-14-7-18-4-5-19(8-16(14)6-15)25(18)12-36(13-26(30,31)32)39(37,38)34-25/h2-3,6,9-11,18-19,34H,4-5,7-8,12-13H2,1H3/t18-,19+,25-/m1/s1. The zero-order valence-electron chi connectivity index (χ0n) is 20.7. The van der Waals surface area contributed by atoms with Gasteiger partial charge >= 0.3 is 6.18 Å². The van der Waals surface area contributed by atoms with Crippen LogP contribution >= 0.6 is 0 Å². The third-order valence-electron chi connectivity index (χ3n) is 8.37. The van der Waals surface area contributed by atoms with Gasteiger partial charge in [0.05, 0.1) is 16.9 Å². The minimum atomic E-state index is -4.64. The van der Waals surface area contributed by atoms with Gasteiger partial charge in [-0.05, 0) is 72.9 Å². The number of halogens is 6. The fourth-order valence-electron chi connectivity index (χ4n) is 6.59. The number of rotatable bonds is 3. The molecule has 39 heavy (non-hydrogen) atoms. The number of nitrogens with zero attached hydrogens (tertiary/aromatic N) is 3. The molecular formula is C26H24F6N4O2S. The number of aromatic nitrogens is 2. The Kier molecular flexibility index (Phi) is 5.94. The molecule has 1 aliphatic heterocycles. The molecule has 2 aromatic carbocycles. The van der Waals surface area contributed by atoms with Crippen LogP contribution in [0.25, 0.3) is 22.5 Å². The van der Waals surface area contributed by atoms with Crippen LogP contribution in [0, 0.1) is 29.3 Å². The van der Waals surface area contributed by atoms with Gasteiger partial charge in [-0.15, -0.1) is 0 Å². The smallest absolute Gasteiger partial charge is 0.267 e. The molecule has 3 aliphatic rings. The van der Waals surface area contributed by atoms with E-state index in [1.54, 1.807) is 13.1 Å². The van der Waals surface area contributed by atoms with Crippen LogP contribution in [-0.2, 0) is 30.1 Å². The van der Waals surface area contributed by atoms with Crippen LogP contribution in [0.15, 0.2) is 36.4 Å². The van der Waals surface area contributed by atoms with E-state index in [9.17, 15) is 34.8 Å². The maximum Gasteiger partial charge on any atom is 0.402 e. The summed E-state index contributed by atoms with van der Waals surface area (Å²) in [7, 11) is -2.67. The van der Waals surface area contributed by atoms with Crippen molar-refractivity contribution in [2.24, 2.45) is 18.9 Å². The van der Waals surface area contributed by atoms with Gasteiger partial charge in [0, 0.05) is 24.7 Å². The largest absolute Gasteiger partial charge is 0.402 e. The third-order valence-corrected chi connectivity index (χ3v) is 9.94. The Hall–Kier alpha value is -2.90. The van der Waals surface area contributed by atoms with E-state index in [2.05, 4.69) is 9.82 Å². The first-order valence-corrected chi connectivity index (χ1v) is 13.9. The molecular weight excluding hydrogens is 546 g/mol. The second-order valence-electron chi connectivity index (χ2n) is 10.7. The molecule has 1 saturated carbocycles. The lowest BCUT2D eigenvalue weighted by atomic mass is 9.79. The topological polar surface area (TPSA) is 67.2 Å². The molecule has 1 saturated heterocycles. The fraction of sp³-hybridized carbons (Fsp3) is 0.423. The van der Waals surface area contributed by atoms with Crippen LogP contribution in [-0.4, -0.2) is 47.3 Å². The molecule has 2 aliphatic carbocycles. The van der Waals surface area contributed by atoms with Crippen molar-refractivity contribution in [1.29, 1.82) is 0 Å². The van der Waals surface area contributed by atoms with Crippen molar-refractivity contribution in [1.82, 2.24) is 18.8 Å². The van der Waals surface area contributed by atoms with E-state index in [0.29, 0.717) is 41.4 Å². The van der Waals surface area contributed by atoms with Crippen LogP contribution in [0.3, 0.4) is 0 Å². The SMILES string of the molecule is Cn1nc(-c2ccc3c(c2)C[C@@H]2CC[C@H](C3)[C@]23CN(CC(F)(F)F)S(=O)(=O)N3)cc1-c1cc(F)c(F)c(F)c1. The molecule has 2 fully saturated rings. The van der Waals surface area contributed by atoms with Crippen molar-refractivity contribution in [2.75, 3.05) is 13.1 Å². The number of hydrogen-bond donors (Lipinski definition) is 1. The van der Waals surface area contributed by atoms with Crippen molar-refractivity contribution in [3.8, 4) is 22.5 Å². The number of fused-ring (bicyclic) bond motifs is 1. The highest BCUT2D eigenvalue weighted by Gasteiger charge is 2.60. The molecule has 0 radical (unpaired) electrons. The minimum Gasteiger partial charge on any atom is -0.267 e. The van der Waals surface area contributed by atoms with E-state index >= 15 is 0 Å². The van der Waals surface area contributed by atoms with E-state index in [4.69, 9.17) is 0 Å². The third kappa shape index (κ3) is 4.44. The van der Waals surface area contributed by atoms with Crippen molar-refractivity contribution in [2.45, 2.75) is 37.4 Å². The normalized spacial score (nSPS) is 26.2. The Balaban J connectivity index is 1.31. The summed E-state index contributed by atoms with van der Waals surface area (Å²) in [4.78, 5) is 0. The monoisotopic (exact) mass is 570 g/mol. The molecule has 6 rings (SSSR count). The zero-order chi connectivity index (χ0) is 27.9. The van der Waals surface area contributed by atoms with Crippen LogP contribution in [0.2, 0.25) is 0 Å². The molecule has 1 aromatic heterocycles. The predicted molar refractivity (Wildman–Crippen MR) is 130 cm³/mol. The van der Waals surface area contributed by atoms with Crippen molar-refractivity contribution in [3.63, 3.8) is 0 Å². The van der Waals surface area contributed by atoms with E-state index < -0.39 is 45.9 Å². The average molecular weight is 571 g/mol. The van der Waals surface area contributed by atoms with Gasteiger partial charge in [0.15, 0.2) is 17.5 Å². The summed E-state index contributed by atoms with van der Waals surface area (Å²) in [6.45, 7) is -1.75. The predicted octanol–water partition coefficient (Wildman–Crippen LogP) is 4.75. The lowest BCUT2D eigenvalue weighted by molar-refractivity contribution is -0.136. The van der Waals surface area contributed by atoms with Gasteiger partial charge in [-0.3, -0.25) is 4.68 Å². The first-order valence-electron chi connectivity index (χ1n) is 12.4. The first kappa shape index (κ1) is 26.3. The zero-order valence-corrected chi connectivity index (χ0v) is 21.5. The summed E-state index contributed by atoms with van der Waals surface area (Å²) in [5, 5.41) is 4.47. The van der Waals surface area contributed by atoms with Crippen LogP contribution in [0.4, 0.5) is 26.3 Å². The first-order chi connectivity index (χ1) is 18.3. The maximum atomic E-state index is 13.8. The van der Waals surface area contributed by atoms with E-state index in [0.717, 1.165) is 28.8 Å². The van der Waals surface area contributed by atoms with Gasteiger partial charge in [-0.1, -0.05) is 12.1 Å². The summed E-state index contributed by atoms with van der Waals surface area (Å²) >= 11 is 0. The second kappa shape index (κ2) is 8.80. The summed E-state index contributed by atoms with van der Waals surface area (Å²) in [6.07, 6.45) is -2.24. The highest BCUT2D eigenvalue weighted by molar-refractivity contribution is 7.87. The fourth-order valence-corrected chi connectivity index (χ4v) is 8.29. The van der Waals surface area contributed by atoms with E-state index in [1.807, 2.05) is 18.2 Å². The maximum absolute atomic E-state index is 13.8.